The highest BCUT2D eigenvalue weighted by atomic mass is 16.4. The van der Waals surface area contributed by atoms with Gasteiger partial charge in [0.25, 0.3) is 0 Å². The van der Waals surface area contributed by atoms with E-state index in [2.05, 4.69) is 18.7 Å². The Labute approximate surface area is 127 Å². The van der Waals surface area contributed by atoms with E-state index in [0.717, 1.165) is 25.7 Å². The van der Waals surface area contributed by atoms with Crippen LogP contribution in [0.25, 0.3) is 0 Å². The molecule has 0 spiro atoms. The molecule has 120 valence electrons. The van der Waals surface area contributed by atoms with Gasteiger partial charge in [-0.05, 0) is 52.4 Å². The van der Waals surface area contributed by atoms with Crippen molar-refractivity contribution in [3.8, 4) is 0 Å². The van der Waals surface area contributed by atoms with Crippen LogP contribution in [0.3, 0.4) is 0 Å². The van der Waals surface area contributed by atoms with Gasteiger partial charge in [-0.3, -0.25) is 9.69 Å². The molecule has 0 aromatic rings. The van der Waals surface area contributed by atoms with E-state index in [-0.39, 0.29) is 17.9 Å². The van der Waals surface area contributed by atoms with E-state index in [0.29, 0.717) is 18.6 Å². The third-order valence-electron chi connectivity index (χ3n) is 5.29. The van der Waals surface area contributed by atoms with E-state index in [1.54, 1.807) is 4.90 Å². The normalized spacial score (nSPS) is 35.7. The standard InChI is InChI=1S/C16H28N2O3/c1-10-6-5-9-17(14(10)16(20)21)15(19)13(4)18-11(2)7-8-12(18)3/h10-14H,5-9H2,1-4H3,(H,20,21). The van der Waals surface area contributed by atoms with E-state index in [1.165, 1.54) is 0 Å². The van der Waals surface area contributed by atoms with E-state index < -0.39 is 12.0 Å². The SMILES string of the molecule is CC1CCCN(C(=O)C(C)N2C(C)CCC2C)C1C(=O)O. The van der Waals surface area contributed by atoms with E-state index in [1.807, 2.05) is 13.8 Å². The number of hydrogen-bond donors (Lipinski definition) is 1. The molecular formula is C16H28N2O3. The Bertz CT molecular complexity index is 402. The van der Waals surface area contributed by atoms with Crippen LogP contribution < -0.4 is 0 Å². The van der Waals surface area contributed by atoms with Crippen LogP contribution in [0.15, 0.2) is 0 Å². The predicted octanol–water partition coefficient (Wildman–Crippen LogP) is 1.96. The lowest BCUT2D eigenvalue weighted by atomic mass is 9.90. The van der Waals surface area contributed by atoms with Crippen molar-refractivity contribution in [3.63, 3.8) is 0 Å². The first-order valence-electron chi connectivity index (χ1n) is 8.15. The molecule has 2 heterocycles. The maximum absolute atomic E-state index is 12.9. The van der Waals surface area contributed by atoms with E-state index >= 15 is 0 Å². The maximum Gasteiger partial charge on any atom is 0.326 e. The molecule has 5 atom stereocenters. The predicted molar refractivity (Wildman–Crippen MR) is 81.0 cm³/mol. The van der Waals surface area contributed by atoms with Gasteiger partial charge >= 0.3 is 5.97 Å². The Balaban J connectivity index is 2.15. The molecule has 2 saturated heterocycles. The zero-order valence-electron chi connectivity index (χ0n) is 13.6. The molecule has 1 amide bonds. The Morgan fingerprint density at radius 1 is 1.10 bits per heavy atom. The Morgan fingerprint density at radius 2 is 1.67 bits per heavy atom. The van der Waals surface area contributed by atoms with Crippen LogP contribution in [0.2, 0.25) is 0 Å². The van der Waals surface area contributed by atoms with Crippen molar-refractivity contribution < 1.29 is 14.7 Å². The van der Waals surface area contributed by atoms with Crippen LogP contribution in [-0.4, -0.2) is 57.5 Å². The van der Waals surface area contributed by atoms with Crippen molar-refractivity contribution in [2.45, 2.75) is 77.5 Å². The van der Waals surface area contributed by atoms with Crippen LogP contribution >= 0.6 is 0 Å². The number of carboxylic acids is 1. The summed E-state index contributed by atoms with van der Waals surface area (Å²) in [4.78, 5) is 28.3. The summed E-state index contributed by atoms with van der Waals surface area (Å²) >= 11 is 0. The Morgan fingerprint density at radius 3 is 2.19 bits per heavy atom. The second-order valence-electron chi connectivity index (χ2n) is 6.83. The van der Waals surface area contributed by atoms with Gasteiger partial charge in [-0.1, -0.05) is 6.92 Å². The smallest absolute Gasteiger partial charge is 0.326 e. The summed E-state index contributed by atoms with van der Waals surface area (Å²) in [7, 11) is 0. The lowest BCUT2D eigenvalue weighted by molar-refractivity contribution is -0.157. The first-order valence-corrected chi connectivity index (χ1v) is 8.15. The summed E-state index contributed by atoms with van der Waals surface area (Å²) in [5.41, 5.74) is 0. The van der Waals surface area contributed by atoms with Crippen molar-refractivity contribution in [2.75, 3.05) is 6.54 Å². The molecule has 0 aliphatic carbocycles. The molecule has 0 aromatic heterocycles. The second-order valence-corrected chi connectivity index (χ2v) is 6.83. The number of likely N-dealkylation sites (tertiary alicyclic amines) is 2. The van der Waals surface area contributed by atoms with Gasteiger partial charge in [0.1, 0.15) is 6.04 Å². The van der Waals surface area contributed by atoms with Crippen LogP contribution in [0.1, 0.15) is 53.4 Å². The van der Waals surface area contributed by atoms with E-state index in [9.17, 15) is 14.7 Å². The number of carbonyl (C=O) groups is 2. The Hall–Kier alpha value is -1.10. The summed E-state index contributed by atoms with van der Waals surface area (Å²) in [5, 5.41) is 9.47. The van der Waals surface area contributed by atoms with Crippen molar-refractivity contribution in [1.82, 2.24) is 9.80 Å². The van der Waals surface area contributed by atoms with Crippen molar-refractivity contribution in [2.24, 2.45) is 5.92 Å². The fraction of sp³-hybridized carbons (Fsp3) is 0.875. The minimum atomic E-state index is -0.870. The number of rotatable bonds is 3. The average molecular weight is 296 g/mol. The zero-order chi connectivity index (χ0) is 15.7. The molecule has 5 heteroatoms. The molecule has 5 unspecified atom stereocenters. The number of nitrogens with zero attached hydrogens (tertiary/aromatic N) is 2. The lowest BCUT2D eigenvalue weighted by Gasteiger charge is -2.41. The van der Waals surface area contributed by atoms with Crippen LogP contribution in [0.5, 0.6) is 0 Å². The highest BCUT2D eigenvalue weighted by Crippen LogP contribution is 2.29. The number of hydrogen-bond acceptors (Lipinski definition) is 3. The van der Waals surface area contributed by atoms with Crippen molar-refractivity contribution in [1.29, 1.82) is 0 Å². The van der Waals surface area contributed by atoms with Gasteiger partial charge in [0, 0.05) is 18.6 Å². The average Bonchev–Trinajstić information content (AvgIpc) is 2.75. The third-order valence-corrected chi connectivity index (χ3v) is 5.29. The molecule has 0 bridgehead atoms. The summed E-state index contributed by atoms with van der Waals surface area (Å²) in [5.74, 6) is -0.861. The highest BCUT2D eigenvalue weighted by Gasteiger charge is 2.42. The van der Waals surface area contributed by atoms with Gasteiger partial charge in [0.2, 0.25) is 5.91 Å². The summed E-state index contributed by atoms with van der Waals surface area (Å²) in [6.45, 7) is 8.74. The first-order chi connectivity index (χ1) is 9.84. The second kappa shape index (κ2) is 6.34. The zero-order valence-corrected chi connectivity index (χ0v) is 13.6. The summed E-state index contributed by atoms with van der Waals surface area (Å²) in [6, 6.07) is -0.111. The van der Waals surface area contributed by atoms with Gasteiger partial charge in [-0.2, -0.15) is 0 Å². The first kappa shape index (κ1) is 16.3. The van der Waals surface area contributed by atoms with Crippen molar-refractivity contribution >= 4 is 11.9 Å². The van der Waals surface area contributed by atoms with Crippen LogP contribution in [-0.2, 0) is 9.59 Å². The lowest BCUT2D eigenvalue weighted by Crippen LogP contribution is -2.58. The largest absolute Gasteiger partial charge is 0.480 e. The van der Waals surface area contributed by atoms with E-state index in [4.69, 9.17) is 0 Å². The fourth-order valence-electron chi connectivity index (χ4n) is 4.16. The molecule has 2 fully saturated rings. The van der Waals surface area contributed by atoms with Gasteiger partial charge in [-0.15, -0.1) is 0 Å². The molecule has 2 rings (SSSR count). The molecular weight excluding hydrogens is 268 g/mol. The molecule has 0 saturated carbocycles. The van der Waals surface area contributed by atoms with Gasteiger partial charge in [-0.25, -0.2) is 4.79 Å². The van der Waals surface area contributed by atoms with Gasteiger partial charge in [0.05, 0.1) is 6.04 Å². The molecule has 2 aliphatic heterocycles. The van der Waals surface area contributed by atoms with Crippen LogP contribution in [0.4, 0.5) is 0 Å². The number of amides is 1. The number of aliphatic carboxylic acids is 1. The quantitative estimate of drug-likeness (QED) is 0.865. The number of carbonyl (C=O) groups excluding carboxylic acids is 1. The molecule has 21 heavy (non-hydrogen) atoms. The van der Waals surface area contributed by atoms with Crippen molar-refractivity contribution in [3.05, 3.63) is 0 Å². The number of carboxylic acid groups (broad SMARTS) is 1. The summed E-state index contributed by atoms with van der Waals surface area (Å²) in [6.07, 6.45) is 4.00. The van der Waals surface area contributed by atoms with Gasteiger partial charge in [0.15, 0.2) is 0 Å². The Kier molecular flexibility index (Phi) is 4.91. The topological polar surface area (TPSA) is 60.9 Å². The third kappa shape index (κ3) is 3.07. The highest BCUT2D eigenvalue weighted by molar-refractivity contribution is 5.87. The monoisotopic (exact) mass is 296 g/mol. The molecule has 0 radical (unpaired) electrons. The fourth-order valence-corrected chi connectivity index (χ4v) is 4.16. The molecule has 2 aliphatic rings. The minimum Gasteiger partial charge on any atom is -0.480 e. The summed E-state index contributed by atoms with van der Waals surface area (Å²) < 4.78 is 0. The molecule has 0 aromatic carbocycles. The van der Waals surface area contributed by atoms with Gasteiger partial charge < -0.3 is 10.0 Å². The molecule has 1 N–H and O–H groups in total. The minimum absolute atomic E-state index is 0.0189. The number of piperidine rings is 1. The maximum atomic E-state index is 12.9. The molecule has 5 nitrogen and oxygen atoms in total. The van der Waals surface area contributed by atoms with Crippen LogP contribution in [0, 0.1) is 5.92 Å².